The number of rotatable bonds is 4. The van der Waals surface area contributed by atoms with E-state index in [1.165, 1.54) is 0 Å². The summed E-state index contributed by atoms with van der Waals surface area (Å²) < 4.78 is 9.93. The number of aryl methyl sites for hydroxylation is 1. The van der Waals surface area contributed by atoms with Gasteiger partial charge in [-0.25, -0.2) is 4.79 Å². The SMILES string of the molecule is CCCc1ccccc1C(=O)OC1CO1. The zero-order valence-electron chi connectivity index (χ0n) is 8.73. The molecule has 0 saturated carbocycles. The lowest BCUT2D eigenvalue weighted by molar-refractivity contribution is 0.0296. The molecule has 1 atom stereocenters. The van der Waals surface area contributed by atoms with E-state index >= 15 is 0 Å². The summed E-state index contributed by atoms with van der Waals surface area (Å²) in [4.78, 5) is 11.7. The molecule has 1 unspecified atom stereocenters. The zero-order chi connectivity index (χ0) is 10.7. The highest BCUT2D eigenvalue weighted by Crippen LogP contribution is 2.17. The van der Waals surface area contributed by atoms with Gasteiger partial charge in [-0.05, 0) is 18.1 Å². The van der Waals surface area contributed by atoms with Crippen LogP contribution in [0.1, 0.15) is 29.3 Å². The average molecular weight is 206 g/mol. The molecule has 1 fully saturated rings. The minimum absolute atomic E-state index is 0.276. The third-order valence-corrected chi connectivity index (χ3v) is 2.30. The fraction of sp³-hybridized carbons (Fsp3) is 0.417. The Morgan fingerprint density at radius 2 is 2.27 bits per heavy atom. The summed E-state index contributed by atoms with van der Waals surface area (Å²) in [6.45, 7) is 2.62. The number of epoxide rings is 1. The van der Waals surface area contributed by atoms with E-state index in [2.05, 4.69) is 6.92 Å². The second-order valence-electron chi connectivity index (χ2n) is 3.58. The second-order valence-corrected chi connectivity index (χ2v) is 3.58. The average Bonchev–Trinajstić information content (AvgIpc) is 3.03. The zero-order valence-corrected chi connectivity index (χ0v) is 8.73. The van der Waals surface area contributed by atoms with E-state index < -0.39 is 0 Å². The highest BCUT2D eigenvalue weighted by Gasteiger charge is 2.28. The Bertz CT molecular complexity index is 356. The van der Waals surface area contributed by atoms with Crippen LogP contribution in [0, 0.1) is 0 Å². The van der Waals surface area contributed by atoms with E-state index in [4.69, 9.17) is 9.47 Å². The summed E-state index contributed by atoms with van der Waals surface area (Å²) >= 11 is 0. The predicted molar refractivity (Wildman–Crippen MR) is 55.6 cm³/mol. The molecule has 80 valence electrons. The quantitative estimate of drug-likeness (QED) is 0.559. The maximum Gasteiger partial charge on any atom is 0.340 e. The summed E-state index contributed by atoms with van der Waals surface area (Å²) in [5, 5.41) is 0. The van der Waals surface area contributed by atoms with Crippen LogP contribution in [0.4, 0.5) is 0 Å². The number of carbonyl (C=O) groups excluding carboxylic acids is 1. The molecule has 0 N–H and O–H groups in total. The topological polar surface area (TPSA) is 38.8 Å². The lowest BCUT2D eigenvalue weighted by atomic mass is 10.0. The van der Waals surface area contributed by atoms with Crippen LogP contribution in [0.3, 0.4) is 0 Å². The summed E-state index contributed by atoms with van der Waals surface area (Å²) in [6, 6.07) is 7.56. The Balaban J connectivity index is 2.13. The molecule has 1 aliphatic heterocycles. The number of hydrogen-bond acceptors (Lipinski definition) is 3. The monoisotopic (exact) mass is 206 g/mol. The highest BCUT2D eigenvalue weighted by molar-refractivity contribution is 5.91. The van der Waals surface area contributed by atoms with Gasteiger partial charge in [-0.15, -0.1) is 0 Å². The normalized spacial score (nSPS) is 18.6. The molecular weight excluding hydrogens is 192 g/mol. The van der Waals surface area contributed by atoms with Crippen LogP contribution in [0.25, 0.3) is 0 Å². The smallest absolute Gasteiger partial charge is 0.340 e. The van der Waals surface area contributed by atoms with Gasteiger partial charge in [0.15, 0.2) is 0 Å². The summed E-state index contributed by atoms with van der Waals surface area (Å²) in [6.07, 6.45) is 1.60. The fourth-order valence-corrected chi connectivity index (χ4v) is 1.50. The summed E-state index contributed by atoms with van der Waals surface area (Å²) in [7, 11) is 0. The van der Waals surface area contributed by atoms with Crippen LogP contribution in [0.5, 0.6) is 0 Å². The minimum atomic E-state index is -0.313. The van der Waals surface area contributed by atoms with Crippen molar-refractivity contribution in [2.45, 2.75) is 26.1 Å². The lowest BCUT2D eigenvalue weighted by Crippen LogP contribution is -2.10. The molecule has 1 heterocycles. The van der Waals surface area contributed by atoms with Crippen molar-refractivity contribution in [3.05, 3.63) is 35.4 Å². The van der Waals surface area contributed by atoms with Gasteiger partial charge in [0.2, 0.25) is 6.29 Å². The Hall–Kier alpha value is -1.35. The van der Waals surface area contributed by atoms with Gasteiger partial charge >= 0.3 is 5.97 Å². The van der Waals surface area contributed by atoms with Crippen molar-refractivity contribution in [1.82, 2.24) is 0 Å². The Morgan fingerprint density at radius 1 is 1.53 bits per heavy atom. The van der Waals surface area contributed by atoms with E-state index in [9.17, 15) is 4.79 Å². The number of carbonyl (C=O) groups is 1. The second kappa shape index (κ2) is 4.45. The van der Waals surface area contributed by atoms with Crippen molar-refractivity contribution in [3.63, 3.8) is 0 Å². The molecule has 15 heavy (non-hydrogen) atoms. The molecular formula is C12H14O3. The maximum absolute atomic E-state index is 11.7. The van der Waals surface area contributed by atoms with Gasteiger partial charge in [-0.2, -0.15) is 0 Å². The Labute approximate surface area is 89.0 Å². The molecule has 0 aliphatic carbocycles. The molecule has 1 saturated heterocycles. The van der Waals surface area contributed by atoms with Crippen LogP contribution in [0.15, 0.2) is 24.3 Å². The van der Waals surface area contributed by atoms with Crippen molar-refractivity contribution in [2.75, 3.05) is 6.61 Å². The van der Waals surface area contributed by atoms with Gasteiger partial charge in [-0.3, -0.25) is 0 Å². The summed E-state index contributed by atoms with van der Waals surface area (Å²) in [5.74, 6) is -0.276. The fourth-order valence-electron chi connectivity index (χ4n) is 1.50. The van der Waals surface area contributed by atoms with Gasteiger partial charge < -0.3 is 9.47 Å². The van der Waals surface area contributed by atoms with Gasteiger partial charge in [0.1, 0.15) is 6.61 Å². The molecule has 3 nitrogen and oxygen atoms in total. The molecule has 0 aromatic heterocycles. The third-order valence-electron chi connectivity index (χ3n) is 2.30. The van der Waals surface area contributed by atoms with Gasteiger partial charge in [0, 0.05) is 0 Å². The van der Waals surface area contributed by atoms with E-state index in [1.807, 2.05) is 18.2 Å². The Kier molecular flexibility index (Phi) is 3.02. The first-order chi connectivity index (χ1) is 7.31. The van der Waals surface area contributed by atoms with Gasteiger partial charge in [0.25, 0.3) is 0 Å². The van der Waals surface area contributed by atoms with Crippen molar-refractivity contribution < 1.29 is 14.3 Å². The molecule has 3 heteroatoms. The van der Waals surface area contributed by atoms with Crippen molar-refractivity contribution in [1.29, 1.82) is 0 Å². The minimum Gasteiger partial charge on any atom is -0.430 e. The van der Waals surface area contributed by atoms with E-state index in [0.29, 0.717) is 12.2 Å². The molecule has 1 aliphatic rings. The molecule has 0 radical (unpaired) electrons. The van der Waals surface area contributed by atoms with Crippen LogP contribution in [0.2, 0.25) is 0 Å². The van der Waals surface area contributed by atoms with Crippen LogP contribution >= 0.6 is 0 Å². The van der Waals surface area contributed by atoms with E-state index in [-0.39, 0.29) is 12.3 Å². The van der Waals surface area contributed by atoms with Gasteiger partial charge in [0.05, 0.1) is 5.56 Å². The maximum atomic E-state index is 11.7. The van der Waals surface area contributed by atoms with Crippen LogP contribution in [-0.4, -0.2) is 18.9 Å². The molecule has 0 bridgehead atoms. The van der Waals surface area contributed by atoms with Crippen molar-refractivity contribution >= 4 is 5.97 Å². The first-order valence-electron chi connectivity index (χ1n) is 5.21. The number of ether oxygens (including phenoxy) is 2. The van der Waals surface area contributed by atoms with Crippen molar-refractivity contribution in [2.24, 2.45) is 0 Å². The van der Waals surface area contributed by atoms with Gasteiger partial charge in [-0.1, -0.05) is 31.5 Å². The number of benzene rings is 1. The van der Waals surface area contributed by atoms with Crippen LogP contribution in [-0.2, 0) is 15.9 Å². The molecule has 1 aromatic rings. The Morgan fingerprint density at radius 3 is 2.93 bits per heavy atom. The first-order valence-corrected chi connectivity index (χ1v) is 5.21. The molecule has 0 amide bonds. The van der Waals surface area contributed by atoms with Crippen molar-refractivity contribution in [3.8, 4) is 0 Å². The number of esters is 1. The lowest BCUT2D eigenvalue weighted by Gasteiger charge is -2.06. The third kappa shape index (κ3) is 2.57. The van der Waals surface area contributed by atoms with E-state index in [0.717, 1.165) is 18.4 Å². The largest absolute Gasteiger partial charge is 0.430 e. The summed E-state index contributed by atoms with van der Waals surface area (Å²) in [5.41, 5.74) is 1.71. The predicted octanol–water partition coefficient (Wildman–Crippen LogP) is 2.15. The van der Waals surface area contributed by atoms with Crippen LogP contribution < -0.4 is 0 Å². The number of hydrogen-bond donors (Lipinski definition) is 0. The molecule has 2 rings (SSSR count). The highest BCUT2D eigenvalue weighted by atomic mass is 16.8. The molecule has 1 aromatic carbocycles. The standard InChI is InChI=1S/C12H14O3/c1-2-5-9-6-3-4-7-10(9)12(13)15-11-8-14-11/h3-4,6-7,11H,2,5,8H2,1H3. The van der Waals surface area contributed by atoms with E-state index in [1.54, 1.807) is 6.07 Å². The molecule has 0 spiro atoms. The first kappa shape index (κ1) is 10.2.